The molecule has 0 bridgehead atoms. The van der Waals surface area contributed by atoms with Gasteiger partial charge in [0.05, 0.1) is 0 Å². The average Bonchev–Trinajstić information content (AvgIpc) is 2.25. The minimum absolute atomic E-state index is 0.0270. The van der Waals surface area contributed by atoms with Crippen LogP contribution in [0.1, 0.15) is 63.9 Å². The van der Waals surface area contributed by atoms with Crippen molar-refractivity contribution < 1.29 is 9.59 Å². The van der Waals surface area contributed by atoms with Crippen molar-refractivity contribution in [3.63, 3.8) is 0 Å². The third-order valence-electron chi connectivity index (χ3n) is 3.03. The molecule has 1 aromatic rings. The number of Topliss-reactive ketones (excluding diaryl/α,β-unsaturated/α-hetero) is 2. The van der Waals surface area contributed by atoms with E-state index in [1.807, 2.05) is 45.0 Å². The Bertz CT molecular complexity index is 482. The van der Waals surface area contributed by atoms with E-state index >= 15 is 0 Å². The van der Waals surface area contributed by atoms with Gasteiger partial charge in [-0.2, -0.15) is 0 Å². The zero-order chi connectivity index (χ0) is 15.6. The highest BCUT2D eigenvalue weighted by atomic mass is 16.1. The number of carbonyl (C=O) groups excluding carboxylic acids is 2. The molecule has 0 saturated carbocycles. The first kappa shape index (κ1) is 16.6. The van der Waals surface area contributed by atoms with Crippen LogP contribution in [0.3, 0.4) is 0 Å². The highest BCUT2D eigenvalue weighted by Crippen LogP contribution is 2.22. The Morgan fingerprint density at radius 2 is 1.40 bits per heavy atom. The highest BCUT2D eigenvalue weighted by molar-refractivity contribution is 5.99. The number of benzene rings is 1. The summed E-state index contributed by atoms with van der Waals surface area (Å²) >= 11 is 0. The van der Waals surface area contributed by atoms with Gasteiger partial charge in [0.15, 0.2) is 5.78 Å². The Kier molecular flexibility index (Phi) is 4.90. The standard InChI is InChI=1S/C18H26O2/c1-17(2,3)12-15(19)11-13-7-9-14(10-8-13)16(20)18(4,5)6/h7-10H,11-12H2,1-6H3. The van der Waals surface area contributed by atoms with Crippen molar-refractivity contribution in [2.75, 3.05) is 0 Å². The first-order valence-electron chi connectivity index (χ1n) is 7.14. The second-order valence-corrected chi connectivity index (χ2v) is 7.73. The number of hydrogen-bond acceptors (Lipinski definition) is 2. The van der Waals surface area contributed by atoms with Gasteiger partial charge in [0.1, 0.15) is 5.78 Å². The SMILES string of the molecule is CC(C)(C)CC(=O)Cc1ccc(C(=O)C(C)(C)C)cc1. The summed E-state index contributed by atoms with van der Waals surface area (Å²) in [6, 6.07) is 7.43. The van der Waals surface area contributed by atoms with Crippen LogP contribution in [0, 0.1) is 10.8 Å². The fourth-order valence-electron chi connectivity index (χ4n) is 2.09. The van der Waals surface area contributed by atoms with E-state index in [9.17, 15) is 9.59 Å². The van der Waals surface area contributed by atoms with Gasteiger partial charge < -0.3 is 0 Å². The van der Waals surface area contributed by atoms with Gasteiger partial charge in [0.2, 0.25) is 0 Å². The van der Waals surface area contributed by atoms with Crippen molar-refractivity contribution in [3.8, 4) is 0 Å². The van der Waals surface area contributed by atoms with Crippen molar-refractivity contribution >= 4 is 11.6 Å². The van der Waals surface area contributed by atoms with E-state index in [0.717, 1.165) is 5.56 Å². The summed E-state index contributed by atoms with van der Waals surface area (Å²) in [6.45, 7) is 11.9. The molecule has 0 aliphatic rings. The second-order valence-electron chi connectivity index (χ2n) is 7.73. The Morgan fingerprint density at radius 1 is 0.900 bits per heavy atom. The molecule has 20 heavy (non-hydrogen) atoms. The van der Waals surface area contributed by atoms with E-state index in [1.54, 1.807) is 0 Å². The zero-order valence-electron chi connectivity index (χ0n) is 13.5. The van der Waals surface area contributed by atoms with Gasteiger partial charge in [0, 0.05) is 23.8 Å². The molecular formula is C18H26O2. The van der Waals surface area contributed by atoms with Crippen LogP contribution in [0.25, 0.3) is 0 Å². The minimum atomic E-state index is -0.371. The molecule has 0 atom stereocenters. The summed E-state index contributed by atoms with van der Waals surface area (Å²) in [5, 5.41) is 0. The zero-order valence-corrected chi connectivity index (χ0v) is 13.5. The van der Waals surface area contributed by atoms with E-state index in [-0.39, 0.29) is 22.4 Å². The molecule has 0 aliphatic heterocycles. The topological polar surface area (TPSA) is 34.1 Å². The maximum atomic E-state index is 12.1. The Hall–Kier alpha value is -1.44. The summed E-state index contributed by atoms with van der Waals surface area (Å²) in [7, 11) is 0. The fraction of sp³-hybridized carbons (Fsp3) is 0.556. The molecule has 0 radical (unpaired) electrons. The molecule has 110 valence electrons. The Labute approximate surface area is 122 Å². The van der Waals surface area contributed by atoms with Gasteiger partial charge in [-0.05, 0) is 11.0 Å². The van der Waals surface area contributed by atoms with E-state index < -0.39 is 0 Å². The van der Waals surface area contributed by atoms with Gasteiger partial charge >= 0.3 is 0 Å². The van der Waals surface area contributed by atoms with Gasteiger partial charge in [-0.1, -0.05) is 65.8 Å². The summed E-state index contributed by atoms with van der Waals surface area (Å²) < 4.78 is 0. The smallest absolute Gasteiger partial charge is 0.168 e. The fourth-order valence-corrected chi connectivity index (χ4v) is 2.09. The lowest BCUT2D eigenvalue weighted by Crippen LogP contribution is -2.20. The molecule has 0 saturated heterocycles. The van der Waals surface area contributed by atoms with Crippen LogP contribution in [0.4, 0.5) is 0 Å². The molecule has 0 unspecified atom stereocenters. The maximum absolute atomic E-state index is 12.1. The van der Waals surface area contributed by atoms with Crippen molar-refractivity contribution in [2.24, 2.45) is 10.8 Å². The van der Waals surface area contributed by atoms with Crippen molar-refractivity contribution in [2.45, 2.75) is 54.4 Å². The van der Waals surface area contributed by atoms with Gasteiger partial charge in [-0.15, -0.1) is 0 Å². The summed E-state index contributed by atoms with van der Waals surface area (Å²) in [5.41, 5.74) is 1.34. The van der Waals surface area contributed by atoms with Crippen LogP contribution in [0.5, 0.6) is 0 Å². The molecule has 1 rings (SSSR count). The first-order chi connectivity index (χ1) is 8.99. The molecule has 0 amide bonds. The molecular weight excluding hydrogens is 248 g/mol. The van der Waals surface area contributed by atoms with E-state index in [4.69, 9.17) is 0 Å². The Morgan fingerprint density at radius 3 is 1.80 bits per heavy atom. The number of hydrogen-bond donors (Lipinski definition) is 0. The molecule has 0 aliphatic carbocycles. The Balaban J connectivity index is 2.73. The second kappa shape index (κ2) is 5.90. The van der Waals surface area contributed by atoms with Crippen LogP contribution in [0.15, 0.2) is 24.3 Å². The lowest BCUT2D eigenvalue weighted by molar-refractivity contribution is -0.120. The quantitative estimate of drug-likeness (QED) is 0.759. The summed E-state index contributed by atoms with van der Waals surface area (Å²) in [5.74, 6) is 0.373. The van der Waals surface area contributed by atoms with E-state index in [0.29, 0.717) is 18.4 Å². The third kappa shape index (κ3) is 5.28. The van der Waals surface area contributed by atoms with Crippen LogP contribution >= 0.6 is 0 Å². The number of rotatable bonds is 4. The van der Waals surface area contributed by atoms with Crippen LogP contribution < -0.4 is 0 Å². The lowest BCUT2D eigenvalue weighted by atomic mass is 9.85. The minimum Gasteiger partial charge on any atom is -0.299 e. The van der Waals surface area contributed by atoms with Crippen molar-refractivity contribution in [3.05, 3.63) is 35.4 Å². The molecule has 0 heterocycles. The van der Waals surface area contributed by atoms with Gasteiger partial charge in [0.25, 0.3) is 0 Å². The predicted octanol–water partition coefficient (Wildman–Crippen LogP) is 4.46. The van der Waals surface area contributed by atoms with Crippen LogP contribution in [0.2, 0.25) is 0 Å². The summed E-state index contributed by atoms with van der Waals surface area (Å²) in [6.07, 6.45) is 1.02. The molecule has 0 spiro atoms. The molecule has 0 aromatic heterocycles. The molecule has 0 N–H and O–H groups in total. The highest BCUT2D eigenvalue weighted by Gasteiger charge is 2.22. The van der Waals surface area contributed by atoms with Crippen molar-refractivity contribution in [1.82, 2.24) is 0 Å². The molecule has 2 heteroatoms. The van der Waals surface area contributed by atoms with Crippen LogP contribution in [-0.4, -0.2) is 11.6 Å². The molecule has 1 aromatic carbocycles. The molecule has 2 nitrogen and oxygen atoms in total. The van der Waals surface area contributed by atoms with E-state index in [2.05, 4.69) is 20.8 Å². The van der Waals surface area contributed by atoms with Gasteiger partial charge in [-0.3, -0.25) is 9.59 Å². The van der Waals surface area contributed by atoms with Gasteiger partial charge in [-0.25, -0.2) is 0 Å². The monoisotopic (exact) mass is 274 g/mol. The number of ketones is 2. The summed E-state index contributed by atoms with van der Waals surface area (Å²) in [4.78, 5) is 24.1. The largest absolute Gasteiger partial charge is 0.299 e. The average molecular weight is 274 g/mol. The lowest BCUT2D eigenvalue weighted by Gasteiger charge is -2.17. The normalized spacial score (nSPS) is 12.3. The maximum Gasteiger partial charge on any atom is 0.168 e. The number of carbonyl (C=O) groups is 2. The van der Waals surface area contributed by atoms with E-state index in [1.165, 1.54) is 0 Å². The molecule has 0 fully saturated rings. The third-order valence-corrected chi connectivity index (χ3v) is 3.03. The van der Waals surface area contributed by atoms with Crippen LogP contribution in [-0.2, 0) is 11.2 Å². The predicted molar refractivity (Wildman–Crippen MR) is 83.0 cm³/mol. The van der Waals surface area contributed by atoms with Crippen molar-refractivity contribution in [1.29, 1.82) is 0 Å². The first-order valence-corrected chi connectivity index (χ1v) is 7.14.